The van der Waals surface area contributed by atoms with Crippen LogP contribution in [-0.4, -0.2) is 39.5 Å². The molecule has 4 rings (SSSR count). The standard InChI is InChI=1S/C29H33N5O3/c1-6-29(3,4)30-28(36)27(21-13-11-14-22(18-21)37-5)34(24-16-9-7-12-20(24)2)26(35)19-33-25-17-10-8-15-23(25)31-32-33/h7-18,27H,6,19H2,1-5H3,(H,30,36)/t27-/m1/s1. The summed E-state index contributed by atoms with van der Waals surface area (Å²) in [5.41, 5.74) is 3.14. The molecule has 1 aromatic heterocycles. The molecule has 0 aliphatic rings. The molecule has 8 heteroatoms. The van der Waals surface area contributed by atoms with Crippen molar-refractivity contribution in [2.75, 3.05) is 12.0 Å². The van der Waals surface area contributed by atoms with E-state index < -0.39 is 11.6 Å². The fraction of sp³-hybridized carbons (Fsp3) is 0.310. The Morgan fingerprint density at radius 1 is 1.05 bits per heavy atom. The summed E-state index contributed by atoms with van der Waals surface area (Å²) in [6.45, 7) is 7.79. The first-order valence-corrected chi connectivity index (χ1v) is 12.4. The third kappa shape index (κ3) is 5.63. The van der Waals surface area contributed by atoms with E-state index in [2.05, 4.69) is 15.6 Å². The zero-order valence-corrected chi connectivity index (χ0v) is 21.9. The van der Waals surface area contributed by atoms with E-state index in [1.165, 1.54) is 0 Å². The summed E-state index contributed by atoms with van der Waals surface area (Å²) in [7, 11) is 1.58. The molecule has 8 nitrogen and oxygen atoms in total. The Morgan fingerprint density at radius 2 is 1.78 bits per heavy atom. The number of methoxy groups -OCH3 is 1. The third-order valence-electron chi connectivity index (χ3n) is 6.61. The largest absolute Gasteiger partial charge is 0.497 e. The van der Waals surface area contributed by atoms with Crippen molar-refractivity contribution in [3.8, 4) is 5.75 Å². The molecule has 192 valence electrons. The van der Waals surface area contributed by atoms with E-state index in [1.54, 1.807) is 22.8 Å². The van der Waals surface area contributed by atoms with Gasteiger partial charge in [-0.1, -0.05) is 54.6 Å². The average Bonchev–Trinajstić information content (AvgIpc) is 3.30. The number of rotatable bonds is 9. The molecule has 0 radical (unpaired) electrons. The molecule has 0 spiro atoms. The maximum Gasteiger partial charge on any atom is 0.249 e. The van der Waals surface area contributed by atoms with E-state index in [4.69, 9.17) is 4.74 Å². The lowest BCUT2D eigenvalue weighted by Crippen LogP contribution is -2.51. The summed E-state index contributed by atoms with van der Waals surface area (Å²) < 4.78 is 7.02. The van der Waals surface area contributed by atoms with Crippen molar-refractivity contribution >= 4 is 28.5 Å². The second-order valence-electron chi connectivity index (χ2n) is 9.69. The average molecular weight is 500 g/mol. The fourth-order valence-electron chi connectivity index (χ4n) is 4.21. The molecule has 0 aliphatic heterocycles. The zero-order valence-electron chi connectivity index (χ0n) is 21.9. The predicted molar refractivity (Wildman–Crippen MR) is 144 cm³/mol. The van der Waals surface area contributed by atoms with Gasteiger partial charge in [-0.3, -0.25) is 14.5 Å². The number of nitrogens with one attached hydrogen (secondary N) is 1. The lowest BCUT2D eigenvalue weighted by atomic mass is 9.97. The van der Waals surface area contributed by atoms with Crippen molar-refractivity contribution in [1.82, 2.24) is 20.3 Å². The van der Waals surface area contributed by atoms with Crippen LogP contribution in [0.1, 0.15) is 44.4 Å². The van der Waals surface area contributed by atoms with Crippen LogP contribution in [0.4, 0.5) is 5.69 Å². The lowest BCUT2D eigenvalue weighted by Gasteiger charge is -2.35. The van der Waals surface area contributed by atoms with Crippen LogP contribution < -0.4 is 15.0 Å². The van der Waals surface area contributed by atoms with E-state index in [1.807, 2.05) is 94.4 Å². The van der Waals surface area contributed by atoms with Crippen molar-refractivity contribution in [2.24, 2.45) is 0 Å². The lowest BCUT2D eigenvalue weighted by molar-refractivity contribution is -0.128. The van der Waals surface area contributed by atoms with Crippen LogP contribution in [0.3, 0.4) is 0 Å². The van der Waals surface area contributed by atoms with E-state index in [-0.39, 0.29) is 18.4 Å². The van der Waals surface area contributed by atoms with Gasteiger partial charge < -0.3 is 10.1 Å². The number of para-hydroxylation sites is 2. The maximum absolute atomic E-state index is 14.1. The molecule has 1 N–H and O–H groups in total. The molecule has 3 aromatic carbocycles. The van der Waals surface area contributed by atoms with Crippen LogP contribution in [0.15, 0.2) is 72.8 Å². The summed E-state index contributed by atoms with van der Waals surface area (Å²) in [6, 6.07) is 21.4. The van der Waals surface area contributed by atoms with Gasteiger partial charge in [-0.25, -0.2) is 4.68 Å². The molecule has 2 amide bonds. The van der Waals surface area contributed by atoms with Crippen LogP contribution in [0.5, 0.6) is 5.75 Å². The van der Waals surface area contributed by atoms with Gasteiger partial charge in [0.15, 0.2) is 0 Å². The Labute approximate surface area is 217 Å². The first-order valence-electron chi connectivity index (χ1n) is 12.4. The van der Waals surface area contributed by atoms with Gasteiger partial charge in [0, 0.05) is 11.2 Å². The van der Waals surface area contributed by atoms with Gasteiger partial charge >= 0.3 is 0 Å². The van der Waals surface area contributed by atoms with E-state index in [0.29, 0.717) is 22.5 Å². The second kappa shape index (κ2) is 10.8. The van der Waals surface area contributed by atoms with Crippen molar-refractivity contribution in [2.45, 2.75) is 52.2 Å². The Morgan fingerprint density at radius 3 is 2.51 bits per heavy atom. The molecule has 4 aromatic rings. The highest BCUT2D eigenvalue weighted by Gasteiger charge is 2.36. The van der Waals surface area contributed by atoms with Crippen molar-refractivity contribution in [1.29, 1.82) is 0 Å². The topological polar surface area (TPSA) is 89.4 Å². The summed E-state index contributed by atoms with van der Waals surface area (Å²) in [5, 5.41) is 11.5. The smallest absolute Gasteiger partial charge is 0.249 e. The minimum Gasteiger partial charge on any atom is -0.497 e. The number of carbonyl (C=O) groups excluding carboxylic acids is 2. The normalized spacial score (nSPS) is 12.2. The Bertz CT molecular complexity index is 1410. The predicted octanol–water partition coefficient (Wildman–Crippen LogP) is 4.83. The van der Waals surface area contributed by atoms with Gasteiger partial charge in [0.25, 0.3) is 0 Å². The monoisotopic (exact) mass is 499 g/mol. The molecule has 0 bridgehead atoms. The van der Waals surface area contributed by atoms with Crippen LogP contribution in [0, 0.1) is 6.92 Å². The van der Waals surface area contributed by atoms with Gasteiger partial charge in [0.1, 0.15) is 23.9 Å². The number of ether oxygens (including phenoxy) is 1. The summed E-state index contributed by atoms with van der Waals surface area (Å²) in [6.07, 6.45) is 0.729. The molecule has 0 fully saturated rings. The second-order valence-corrected chi connectivity index (χ2v) is 9.69. The van der Waals surface area contributed by atoms with Crippen LogP contribution in [0.2, 0.25) is 0 Å². The van der Waals surface area contributed by atoms with Crippen LogP contribution in [-0.2, 0) is 16.1 Å². The minimum absolute atomic E-state index is 0.0836. The first-order chi connectivity index (χ1) is 17.7. The molecule has 0 aliphatic carbocycles. The number of hydrogen-bond acceptors (Lipinski definition) is 5. The molecule has 0 saturated heterocycles. The van der Waals surface area contributed by atoms with Crippen molar-refractivity contribution in [3.05, 3.63) is 83.9 Å². The number of fused-ring (bicyclic) bond motifs is 1. The number of benzene rings is 3. The number of hydrogen-bond donors (Lipinski definition) is 1. The van der Waals surface area contributed by atoms with Crippen LogP contribution in [0.25, 0.3) is 11.0 Å². The SMILES string of the molecule is CCC(C)(C)NC(=O)[C@@H](c1cccc(OC)c1)N(C(=O)Cn1nnc2ccccc21)c1ccccc1C. The zero-order chi connectivity index (χ0) is 26.6. The van der Waals surface area contributed by atoms with Gasteiger partial charge in [0.2, 0.25) is 11.8 Å². The number of aryl methyl sites for hydroxylation is 1. The number of nitrogens with zero attached hydrogens (tertiary/aromatic N) is 4. The highest BCUT2D eigenvalue weighted by molar-refractivity contribution is 6.02. The first kappa shape index (κ1) is 25.9. The van der Waals surface area contributed by atoms with Gasteiger partial charge in [-0.2, -0.15) is 0 Å². The summed E-state index contributed by atoms with van der Waals surface area (Å²) in [5.74, 6) is 0.0342. The summed E-state index contributed by atoms with van der Waals surface area (Å²) in [4.78, 5) is 29.7. The molecular weight excluding hydrogens is 466 g/mol. The molecule has 1 heterocycles. The minimum atomic E-state index is -0.940. The van der Waals surface area contributed by atoms with Gasteiger partial charge in [0.05, 0.1) is 12.6 Å². The molecule has 0 unspecified atom stereocenters. The third-order valence-corrected chi connectivity index (χ3v) is 6.61. The number of aromatic nitrogens is 3. The van der Waals surface area contributed by atoms with Gasteiger partial charge in [-0.05, 0) is 68.7 Å². The molecular formula is C29H33N5O3. The number of carbonyl (C=O) groups is 2. The Kier molecular flexibility index (Phi) is 7.57. The number of amides is 2. The molecule has 0 saturated carbocycles. The number of anilines is 1. The van der Waals surface area contributed by atoms with E-state index in [9.17, 15) is 9.59 Å². The van der Waals surface area contributed by atoms with E-state index >= 15 is 0 Å². The van der Waals surface area contributed by atoms with Crippen molar-refractivity contribution < 1.29 is 14.3 Å². The fourth-order valence-corrected chi connectivity index (χ4v) is 4.21. The molecule has 37 heavy (non-hydrogen) atoms. The summed E-state index contributed by atoms with van der Waals surface area (Å²) >= 11 is 0. The quantitative estimate of drug-likeness (QED) is 0.356. The Hall–Kier alpha value is -4.20. The van der Waals surface area contributed by atoms with E-state index in [0.717, 1.165) is 17.5 Å². The Balaban J connectivity index is 1.85. The highest BCUT2D eigenvalue weighted by atomic mass is 16.5. The maximum atomic E-state index is 14.1. The van der Waals surface area contributed by atoms with Gasteiger partial charge in [-0.15, -0.1) is 5.10 Å². The van der Waals surface area contributed by atoms with Crippen LogP contribution >= 0.6 is 0 Å². The highest BCUT2D eigenvalue weighted by Crippen LogP contribution is 2.33. The molecule has 1 atom stereocenters. The van der Waals surface area contributed by atoms with Crippen molar-refractivity contribution in [3.63, 3.8) is 0 Å².